The van der Waals surface area contributed by atoms with Gasteiger partial charge in [-0.1, -0.05) is 6.42 Å². The maximum atomic E-state index is 5.56. The van der Waals surface area contributed by atoms with Gasteiger partial charge in [0.2, 0.25) is 0 Å². The van der Waals surface area contributed by atoms with Crippen molar-refractivity contribution in [2.24, 2.45) is 5.73 Å². The van der Waals surface area contributed by atoms with Gasteiger partial charge in [0.25, 0.3) is 0 Å². The average molecular weight is 267 g/mol. The van der Waals surface area contributed by atoms with E-state index in [4.69, 9.17) is 5.73 Å². The van der Waals surface area contributed by atoms with Gasteiger partial charge in [0, 0.05) is 17.1 Å². The molecular weight excluding hydrogens is 242 g/mol. The predicted octanol–water partition coefficient (Wildman–Crippen LogP) is 2.97. The van der Waals surface area contributed by atoms with E-state index in [9.17, 15) is 0 Å². The van der Waals surface area contributed by atoms with Crippen molar-refractivity contribution >= 4 is 11.3 Å². The number of hydrogen-bond acceptors (Lipinski definition) is 4. The maximum Gasteiger partial charge on any atom is 0.110 e. The molecule has 1 fully saturated rings. The zero-order valence-electron chi connectivity index (χ0n) is 11.6. The third kappa shape index (κ3) is 3.31. The summed E-state index contributed by atoms with van der Waals surface area (Å²) in [6.07, 6.45) is 8.15. The average Bonchev–Trinajstić information content (AvgIpc) is 2.85. The molecule has 0 amide bonds. The van der Waals surface area contributed by atoms with Crippen LogP contribution in [-0.2, 0) is 6.42 Å². The first-order chi connectivity index (χ1) is 8.72. The lowest BCUT2D eigenvalue weighted by molar-refractivity contribution is 0.112. The van der Waals surface area contributed by atoms with E-state index in [1.165, 1.54) is 35.7 Å². The van der Waals surface area contributed by atoms with Crippen LogP contribution >= 0.6 is 11.3 Å². The molecule has 102 valence electrons. The minimum absolute atomic E-state index is 0.551. The van der Waals surface area contributed by atoms with E-state index in [-0.39, 0.29) is 0 Å². The normalized spacial score (nSPS) is 21.7. The number of piperidine rings is 1. The molecule has 18 heavy (non-hydrogen) atoms. The molecule has 2 N–H and O–H groups in total. The smallest absolute Gasteiger partial charge is 0.110 e. The molecule has 1 aliphatic heterocycles. The maximum absolute atomic E-state index is 5.56. The molecule has 1 aromatic heterocycles. The molecule has 0 aliphatic carbocycles. The Bertz CT molecular complexity index is 362. The Morgan fingerprint density at radius 1 is 1.50 bits per heavy atom. The number of thiazole rings is 1. The summed E-state index contributed by atoms with van der Waals surface area (Å²) in [6, 6.07) is 1.17. The summed E-state index contributed by atoms with van der Waals surface area (Å²) in [6.45, 7) is 6.58. The van der Waals surface area contributed by atoms with Gasteiger partial charge in [0.15, 0.2) is 0 Å². The van der Waals surface area contributed by atoms with Crippen LogP contribution in [-0.4, -0.2) is 29.0 Å². The minimum atomic E-state index is 0.551. The number of hydrogen-bond donors (Lipinski definition) is 1. The summed E-state index contributed by atoms with van der Waals surface area (Å²) >= 11 is 1.89. The SMILES string of the molecule is CC(C)N1CCCCC1c1ncc(CCCN)s1. The van der Waals surface area contributed by atoms with Crippen molar-refractivity contribution in [2.75, 3.05) is 13.1 Å². The fourth-order valence-corrected chi connectivity index (χ4v) is 3.82. The van der Waals surface area contributed by atoms with Crippen LogP contribution in [0.4, 0.5) is 0 Å². The monoisotopic (exact) mass is 267 g/mol. The van der Waals surface area contributed by atoms with Crippen LogP contribution in [0, 0.1) is 0 Å². The van der Waals surface area contributed by atoms with Crippen LogP contribution in [0.15, 0.2) is 6.20 Å². The molecule has 0 spiro atoms. The summed E-state index contributed by atoms with van der Waals surface area (Å²) < 4.78 is 0. The van der Waals surface area contributed by atoms with Gasteiger partial charge in [-0.3, -0.25) is 4.90 Å². The van der Waals surface area contributed by atoms with Gasteiger partial charge in [-0.2, -0.15) is 0 Å². The molecule has 1 aliphatic rings. The van der Waals surface area contributed by atoms with Gasteiger partial charge in [0.1, 0.15) is 5.01 Å². The van der Waals surface area contributed by atoms with Crippen molar-refractivity contribution in [2.45, 2.75) is 58.0 Å². The second-order valence-electron chi connectivity index (χ2n) is 5.40. The second-order valence-corrected chi connectivity index (χ2v) is 6.55. The topological polar surface area (TPSA) is 42.2 Å². The van der Waals surface area contributed by atoms with Crippen LogP contribution in [0.1, 0.15) is 55.5 Å². The predicted molar refractivity (Wildman–Crippen MR) is 77.9 cm³/mol. The van der Waals surface area contributed by atoms with E-state index >= 15 is 0 Å². The molecule has 0 saturated carbocycles. The third-order valence-electron chi connectivity index (χ3n) is 3.69. The molecule has 1 atom stereocenters. The molecule has 4 heteroatoms. The highest BCUT2D eigenvalue weighted by atomic mass is 32.1. The standard InChI is InChI=1S/C14H25N3S/c1-11(2)17-9-4-3-7-13(17)14-16-10-12(18-14)6-5-8-15/h10-11,13H,3-9,15H2,1-2H3. The quantitative estimate of drug-likeness (QED) is 0.892. The van der Waals surface area contributed by atoms with Crippen molar-refractivity contribution in [3.63, 3.8) is 0 Å². The lowest BCUT2D eigenvalue weighted by Crippen LogP contribution is -2.38. The summed E-state index contributed by atoms with van der Waals surface area (Å²) in [5.41, 5.74) is 5.56. The molecular formula is C14H25N3S. The zero-order valence-corrected chi connectivity index (χ0v) is 12.4. The number of likely N-dealkylation sites (tertiary alicyclic amines) is 1. The van der Waals surface area contributed by atoms with E-state index < -0.39 is 0 Å². The molecule has 1 aromatic rings. The molecule has 1 saturated heterocycles. The van der Waals surface area contributed by atoms with Crippen molar-refractivity contribution in [3.05, 3.63) is 16.1 Å². The Morgan fingerprint density at radius 2 is 2.33 bits per heavy atom. The fourth-order valence-electron chi connectivity index (χ4n) is 2.71. The second kappa shape index (κ2) is 6.64. The Hall–Kier alpha value is -0.450. The number of aromatic nitrogens is 1. The Balaban J connectivity index is 2.06. The van der Waals surface area contributed by atoms with Crippen molar-refractivity contribution < 1.29 is 0 Å². The molecule has 1 unspecified atom stereocenters. The van der Waals surface area contributed by atoms with Gasteiger partial charge in [-0.05, 0) is 52.6 Å². The highest BCUT2D eigenvalue weighted by Crippen LogP contribution is 2.34. The third-order valence-corrected chi connectivity index (χ3v) is 4.85. The van der Waals surface area contributed by atoms with E-state index in [2.05, 4.69) is 29.9 Å². The fraction of sp³-hybridized carbons (Fsp3) is 0.786. The van der Waals surface area contributed by atoms with Crippen LogP contribution < -0.4 is 5.73 Å². The van der Waals surface area contributed by atoms with Crippen LogP contribution in [0.2, 0.25) is 0 Å². The zero-order chi connectivity index (χ0) is 13.0. The van der Waals surface area contributed by atoms with Crippen molar-refractivity contribution in [3.8, 4) is 0 Å². The van der Waals surface area contributed by atoms with Gasteiger partial charge >= 0.3 is 0 Å². The van der Waals surface area contributed by atoms with E-state index in [1.54, 1.807) is 0 Å². The molecule has 0 aromatic carbocycles. The molecule has 2 heterocycles. The van der Waals surface area contributed by atoms with Crippen LogP contribution in [0.3, 0.4) is 0 Å². The molecule has 3 nitrogen and oxygen atoms in total. The largest absolute Gasteiger partial charge is 0.330 e. The first-order valence-electron chi connectivity index (χ1n) is 7.12. The highest BCUT2D eigenvalue weighted by Gasteiger charge is 2.27. The lowest BCUT2D eigenvalue weighted by Gasteiger charge is -2.37. The Morgan fingerprint density at radius 3 is 3.06 bits per heavy atom. The van der Waals surface area contributed by atoms with Gasteiger partial charge in [0.05, 0.1) is 6.04 Å². The number of nitrogens with two attached hydrogens (primary N) is 1. The van der Waals surface area contributed by atoms with Crippen molar-refractivity contribution in [1.29, 1.82) is 0 Å². The summed E-state index contributed by atoms with van der Waals surface area (Å²) in [4.78, 5) is 8.66. The molecule has 2 rings (SSSR count). The molecule has 0 radical (unpaired) electrons. The van der Waals surface area contributed by atoms with Gasteiger partial charge < -0.3 is 5.73 Å². The van der Waals surface area contributed by atoms with Gasteiger partial charge in [-0.15, -0.1) is 11.3 Å². The Labute approximate surface area is 114 Å². The van der Waals surface area contributed by atoms with Crippen LogP contribution in [0.5, 0.6) is 0 Å². The summed E-state index contributed by atoms with van der Waals surface area (Å²) in [7, 11) is 0. The summed E-state index contributed by atoms with van der Waals surface area (Å²) in [5.74, 6) is 0. The Kier molecular flexibility index (Phi) is 5.15. The number of aryl methyl sites for hydroxylation is 1. The first-order valence-corrected chi connectivity index (χ1v) is 7.94. The number of nitrogens with zero attached hydrogens (tertiary/aromatic N) is 2. The van der Waals surface area contributed by atoms with E-state index in [0.29, 0.717) is 12.1 Å². The van der Waals surface area contributed by atoms with E-state index in [0.717, 1.165) is 19.4 Å². The summed E-state index contributed by atoms with van der Waals surface area (Å²) in [5, 5.41) is 1.32. The first kappa shape index (κ1) is 14.0. The van der Waals surface area contributed by atoms with Crippen LogP contribution in [0.25, 0.3) is 0 Å². The highest BCUT2D eigenvalue weighted by molar-refractivity contribution is 7.11. The minimum Gasteiger partial charge on any atom is -0.330 e. The van der Waals surface area contributed by atoms with Crippen molar-refractivity contribution in [1.82, 2.24) is 9.88 Å². The molecule has 0 bridgehead atoms. The lowest BCUT2D eigenvalue weighted by atomic mass is 10.0. The van der Waals surface area contributed by atoms with Gasteiger partial charge in [-0.25, -0.2) is 4.98 Å². The van der Waals surface area contributed by atoms with E-state index in [1.807, 2.05) is 11.3 Å². The number of rotatable bonds is 5.